The minimum atomic E-state index is -0.366. The molecular weight excluding hydrogens is 340 g/mol. The van der Waals surface area contributed by atoms with Gasteiger partial charge in [-0.3, -0.25) is 4.98 Å². The van der Waals surface area contributed by atoms with Gasteiger partial charge in [-0.05, 0) is 35.7 Å². The third kappa shape index (κ3) is 3.46. The summed E-state index contributed by atoms with van der Waals surface area (Å²) in [5, 5.41) is 5.31. The fraction of sp³-hybridized carbons (Fsp3) is 0.0476. The molecule has 0 spiro atoms. The largest absolute Gasteiger partial charge is 0.465 e. The second-order valence-electron chi connectivity index (χ2n) is 5.87. The van der Waals surface area contributed by atoms with Crippen LogP contribution in [0.15, 0.2) is 73.2 Å². The van der Waals surface area contributed by atoms with Crippen molar-refractivity contribution < 1.29 is 9.53 Å². The molecule has 2 aromatic carbocycles. The van der Waals surface area contributed by atoms with Crippen LogP contribution in [0.2, 0.25) is 0 Å². The summed E-state index contributed by atoms with van der Waals surface area (Å²) in [6, 6.07) is 16.8. The molecule has 6 heteroatoms. The Morgan fingerprint density at radius 1 is 1.00 bits per heavy atom. The number of carbonyl (C=O) groups is 1. The molecule has 132 valence electrons. The quantitative estimate of drug-likeness (QED) is 0.552. The molecule has 0 saturated heterocycles. The van der Waals surface area contributed by atoms with Crippen LogP contribution < -0.4 is 5.32 Å². The molecule has 0 aliphatic heterocycles. The van der Waals surface area contributed by atoms with E-state index in [1.165, 1.54) is 7.11 Å². The number of methoxy groups -OCH3 is 1. The van der Waals surface area contributed by atoms with E-state index in [2.05, 4.69) is 20.3 Å². The van der Waals surface area contributed by atoms with Gasteiger partial charge in [-0.1, -0.05) is 24.3 Å². The van der Waals surface area contributed by atoms with Gasteiger partial charge in [0, 0.05) is 35.2 Å². The lowest BCUT2D eigenvalue weighted by Gasteiger charge is -2.09. The lowest BCUT2D eigenvalue weighted by Crippen LogP contribution is -2.01. The molecule has 0 amide bonds. The number of aromatic nitrogens is 3. The minimum absolute atomic E-state index is 0.366. The smallest absolute Gasteiger partial charge is 0.337 e. The van der Waals surface area contributed by atoms with E-state index in [4.69, 9.17) is 4.74 Å². The Labute approximate surface area is 155 Å². The van der Waals surface area contributed by atoms with E-state index in [1.807, 2.05) is 30.5 Å². The number of carbonyl (C=O) groups excluding carboxylic acids is 1. The van der Waals surface area contributed by atoms with Crippen LogP contribution in [-0.2, 0) is 4.74 Å². The number of hydrogen-bond donors (Lipinski definition) is 1. The van der Waals surface area contributed by atoms with Crippen LogP contribution in [0.25, 0.3) is 22.2 Å². The van der Waals surface area contributed by atoms with Crippen LogP contribution in [0.3, 0.4) is 0 Å². The van der Waals surface area contributed by atoms with Gasteiger partial charge in [-0.25, -0.2) is 14.8 Å². The summed E-state index contributed by atoms with van der Waals surface area (Å²) in [6.07, 6.45) is 5.30. The number of anilines is 2. The summed E-state index contributed by atoms with van der Waals surface area (Å²) < 4.78 is 4.71. The van der Waals surface area contributed by atoms with Gasteiger partial charge in [0.05, 0.1) is 12.7 Å². The summed E-state index contributed by atoms with van der Waals surface area (Å²) >= 11 is 0. The molecular formula is C21H16N4O2. The second kappa shape index (κ2) is 7.21. The van der Waals surface area contributed by atoms with Crippen LogP contribution in [-0.4, -0.2) is 28.0 Å². The first-order valence-corrected chi connectivity index (χ1v) is 8.36. The molecule has 0 saturated carbocycles. The van der Waals surface area contributed by atoms with E-state index in [1.54, 1.807) is 42.7 Å². The highest BCUT2D eigenvalue weighted by molar-refractivity contribution is 5.94. The predicted octanol–water partition coefficient (Wildman–Crippen LogP) is 4.22. The highest BCUT2D eigenvalue weighted by atomic mass is 16.5. The fourth-order valence-corrected chi connectivity index (χ4v) is 2.81. The van der Waals surface area contributed by atoms with Crippen LogP contribution in [0.5, 0.6) is 0 Å². The van der Waals surface area contributed by atoms with Gasteiger partial charge in [-0.2, -0.15) is 0 Å². The molecule has 27 heavy (non-hydrogen) atoms. The summed E-state index contributed by atoms with van der Waals surface area (Å²) in [4.78, 5) is 24.8. The monoisotopic (exact) mass is 356 g/mol. The summed E-state index contributed by atoms with van der Waals surface area (Å²) in [5.74, 6) is 0.878. The van der Waals surface area contributed by atoms with Gasteiger partial charge in [0.1, 0.15) is 5.82 Å². The number of fused-ring (bicyclic) bond motifs is 1. The first-order chi connectivity index (χ1) is 13.2. The fourth-order valence-electron chi connectivity index (χ4n) is 2.81. The summed E-state index contributed by atoms with van der Waals surface area (Å²) in [5.41, 5.74) is 2.18. The van der Waals surface area contributed by atoms with Crippen molar-refractivity contribution in [3.05, 3.63) is 78.8 Å². The molecule has 2 aromatic heterocycles. The third-order valence-electron chi connectivity index (χ3n) is 4.14. The van der Waals surface area contributed by atoms with Crippen molar-refractivity contribution >= 4 is 28.2 Å². The number of benzene rings is 2. The molecule has 4 aromatic rings. The lowest BCUT2D eigenvalue weighted by atomic mass is 10.1. The molecule has 0 unspecified atom stereocenters. The zero-order valence-corrected chi connectivity index (χ0v) is 14.6. The average molecular weight is 356 g/mol. The molecule has 2 heterocycles. The van der Waals surface area contributed by atoms with E-state index in [-0.39, 0.29) is 5.97 Å². The molecule has 0 aliphatic carbocycles. The first-order valence-electron chi connectivity index (χ1n) is 8.36. The predicted molar refractivity (Wildman–Crippen MR) is 104 cm³/mol. The van der Waals surface area contributed by atoms with Gasteiger partial charge in [-0.15, -0.1) is 0 Å². The van der Waals surface area contributed by atoms with Gasteiger partial charge in [0.15, 0.2) is 5.82 Å². The van der Waals surface area contributed by atoms with E-state index >= 15 is 0 Å². The molecule has 0 atom stereocenters. The second-order valence-corrected chi connectivity index (χ2v) is 5.87. The maximum absolute atomic E-state index is 11.5. The molecule has 0 bridgehead atoms. The molecule has 1 N–H and O–H groups in total. The van der Waals surface area contributed by atoms with Crippen molar-refractivity contribution in [1.29, 1.82) is 0 Å². The maximum atomic E-state index is 11.5. The number of pyridine rings is 1. The van der Waals surface area contributed by atoms with Gasteiger partial charge >= 0.3 is 5.97 Å². The van der Waals surface area contributed by atoms with Crippen molar-refractivity contribution in [2.75, 3.05) is 12.4 Å². The number of ether oxygens (including phenoxy) is 1. The molecule has 0 radical (unpaired) electrons. The lowest BCUT2D eigenvalue weighted by molar-refractivity contribution is 0.0601. The van der Waals surface area contributed by atoms with Crippen LogP contribution in [0.1, 0.15) is 10.4 Å². The van der Waals surface area contributed by atoms with Gasteiger partial charge in [0.25, 0.3) is 0 Å². The first kappa shape index (κ1) is 16.7. The highest BCUT2D eigenvalue weighted by Gasteiger charge is 2.09. The highest BCUT2D eigenvalue weighted by Crippen LogP contribution is 2.26. The van der Waals surface area contributed by atoms with Gasteiger partial charge in [0.2, 0.25) is 0 Å². The summed E-state index contributed by atoms with van der Waals surface area (Å²) in [7, 11) is 1.36. The van der Waals surface area contributed by atoms with E-state index in [0.29, 0.717) is 17.2 Å². The summed E-state index contributed by atoms with van der Waals surface area (Å²) in [6.45, 7) is 0. The Kier molecular flexibility index (Phi) is 4.45. The van der Waals surface area contributed by atoms with Crippen molar-refractivity contribution in [2.24, 2.45) is 0 Å². The molecule has 4 rings (SSSR count). The molecule has 0 aliphatic rings. The number of esters is 1. The number of rotatable bonds is 4. The Hall–Kier alpha value is -3.80. The zero-order chi connectivity index (χ0) is 18.6. The number of nitrogens with one attached hydrogen (secondary N) is 1. The van der Waals surface area contributed by atoms with Crippen LogP contribution in [0.4, 0.5) is 11.5 Å². The van der Waals surface area contributed by atoms with Crippen molar-refractivity contribution in [3.63, 3.8) is 0 Å². The Morgan fingerprint density at radius 3 is 2.63 bits per heavy atom. The van der Waals surface area contributed by atoms with Crippen LogP contribution in [0, 0.1) is 0 Å². The Balaban J connectivity index is 1.64. The van der Waals surface area contributed by atoms with E-state index < -0.39 is 0 Å². The number of hydrogen-bond acceptors (Lipinski definition) is 6. The van der Waals surface area contributed by atoms with Crippen LogP contribution >= 0.6 is 0 Å². The van der Waals surface area contributed by atoms with E-state index in [9.17, 15) is 4.79 Å². The molecule has 6 nitrogen and oxygen atoms in total. The van der Waals surface area contributed by atoms with Gasteiger partial charge < -0.3 is 10.1 Å². The Bertz CT molecular complexity index is 1110. The Morgan fingerprint density at radius 2 is 1.81 bits per heavy atom. The normalized spacial score (nSPS) is 10.6. The topological polar surface area (TPSA) is 77.0 Å². The van der Waals surface area contributed by atoms with E-state index in [0.717, 1.165) is 22.0 Å². The average Bonchev–Trinajstić information content (AvgIpc) is 2.73. The van der Waals surface area contributed by atoms with Crippen molar-refractivity contribution in [2.45, 2.75) is 0 Å². The molecule has 0 fully saturated rings. The SMILES string of the molecule is COC(=O)c1ccc(Nc2ccnc(-c3cncc4ccccc34)n2)cc1. The standard InChI is InChI=1S/C21H16N4O2/c1-27-21(26)14-6-8-16(9-7-14)24-19-10-11-23-20(25-19)18-13-22-12-15-4-2-3-5-17(15)18/h2-13H,1H3,(H,23,24,25). The third-order valence-corrected chi connectivity index (χ3v) is 4.14. The number of nitrogens with zero attached hydrogens (tertiary/aromatic N) is 3. The zero-order valence-electron chi connectivity index (χ0n) is 14.6. The minimum Gasteiger partial charge on any atom is -0.465 e. The van der Waals surface area contributed by atoms with Crippen molar-refractivity contribution in [1.82, 2.24) is 15.0 Å². The van der Waals surface area contributed by atoms with Crippen molar-refractivity contribution in [3.8, 4) is 11.4 Å². The maximum Gasteiger partial charge on any atom is 0.337 e.